The number of esters is 1. The van der Waals surface area contributed by atoms with Crippen LogP contribution in [0.15, 0.2) is 18.2 Å². The van der Waals surface area contributed by atoms with Crippen LogP contribution in [0, 0.1) is 5.92 Å². The van der Waals surface area contributed by atoms with Crippen molar-refractivity contribution >= 4 is 17.8 Å². The molecule has 1 amide bonds. The van der Waals surface area contributed by atoms with Crippen molar-refractivity contribution in [2.24, 2.45) is 5.92 Å². The number of hydrogen-bond acceptors (Lipinski definition) is 8. The summed E-state index contributed by atoms with van der Waals surface area (Å²) in [6.45, 7) is 9.51. The van der Waals surface area contributed by atoms with E-state index >= 15 is 0 Å². The zero-order chi connectivity index (χ0) is 25.5. The van der Waals surface area contributed by atoms with E-state index in [1.807, 2.05) is 0 Å². The summed E-state index contributed by atoms with van der Waals surface area (Å²) in [6.07, 6.45) is 0.143. The Morgan fingerprint density at radius 3 is 2.35 bits per heavy atom. The quantitative estimate of drug-likeness (QED) is 0.368. The summed E-state index contributed by atoms with van der Waals surface area (Å²) < 4.78 is 27.2. The molecule has 0 radical (unpaired) electrons. The van der Waals surface area contributed by atoms with Crippen LogP contribution in [0.25, 0.3) is 0 Å². The Labute approximate surface area is 201 Å². The number of likely N-dealkylation sites (tertiary alicyclic amines) is 1. The fourth-order valence-corrected chi connectivity index (χ4v) is 4.03. The Bertz CT molecular complexity index is 863. The van der Waals surface area contributed by atoms with Gasteiger partial charge in [0.05, 0.1) is 26.4 Å². The number of methoxy groups -OCH3 is 2. The van der Waals surface area contributed by atoms with Gasteiger partial charge in [0.1, 0.15) is 17.4 Å². The zero-order valence-corrected chi connectivity index (χ0v) is 21.2. The monoisotopic (exact) mass is 479 g/mol. The van der Waals surface area contributed by atoms with E-state index in [-0.39, 0.29) is 18.8 Å². The van der Waals surface area contributed by atoms with Crippen molar-refractivity contribution in [3.63, 3.8) is 0 Å². The van der Waals surface area contributed by atoms with E-state index in [2.05, 4.69) is 0 Å². The number of amides is 1. The third-order valence-corrected chi connectivity index (χ3v) is 5.46. The van der Waals surface area contributed by atoms with Crippen molar-refractivity contribution in [3.05, 3.63) is 23.8 Å². The van der Waals surface area contributed by atoms with E-state index in [1.165, 1.54) is 18.9 Å². The molecule has 0 saturated carbocycles. The standard InChI is InChI=1S/C25H37NO8/c1-8-32-23(28)19-15-18(16(2)27)22(26(19)24(29)34-25(3,4)5)17-10-11-20(31-7)21(14-17)33-13-9-12-30-6/h10-11,14,18-19,22H,8-9,12-13,15H2,1-7H3/t18-,19+,22+/m0/s1. The molecular formula is C25H37NO8. The van der Waals surface area contributed by atoms with E-state index in [9.17, 15) is 14.4 Å². The third kappa shape index (κ3) is 6.85. The van der Waals surface area contributed by atoms with Gasteiger partial charge in [-0.05, 0) is 58.7 Å². The van der Waals surface area contributed by atoms with Gasteiger partial charge in [-0.3, -0.25) is 9.69 Å². The van der Waals surface area contributed by atoms with E-state index < -0.39 is 35.7 Å². The maximum absolute atomic E-state index is 13.3. The minimum Gasteiger partial charge on any atom is -0.493 e. The molecule has 0 bridgehead atoms. The van der Waals surface area contributed by atoms with E-state index in [4.69, 9.17) is 23.7 Å². The first-order chi connectivity index (χ1) is 16.0. The molecule has 1 aromatic carbocycles. The summed E-state index contributed by atoms with van der Waals surface area (Å²) in [4.78, 5) is 40.1. The number of carbonyl (C=O) groups is 3. The van der Waals surface area contributed by atoms with E-state index in [0.717, 1.165) is 0 Å². The molecule has 0 aliphatic carbocycles. The lowest BCUT2D eigenvalue weighted by Gasteiger charge is -2.33. The number of Topliss-reactive ketones (excluding diaryl/α,β-unsaturated/α-hetero) is 1. The van der Waals surface area contributed by atoms with Crippen LogP contribution in [0.4, 0.5) is 4.79 Å². The fraction of sp³-hybridized carbons (Fsp3) is 0.640. The molecule has 1 fully saturated rings. The van der Waals surface area contributed by atoms with Crippen LogP contribution in [-0.4, -0.2) is 68.4 Å². The molecule has 190 valence electrons. The van der Waals surface area contributed by atoms with Crippen LogP contribution >= 0.6 is 0 Å². The minimum atomic E-state index is -0.943. The second-order valence-corrected chi connectivity index (χ2v) is 9.16. The van der Waals surface area contributed by atoms with Gasteiger partial charge in [0, 0.05) is 26.1 Å². The molecular weight excluding hydrogens is 442 g/mol. The van der Waals surface area contributed by atoms with Crippen molar-refractivity contribution in [2.45, 2.75) is 65.1 Å². The van der Waals surface area contributed by atoms with Gasteiger partial charge in [0.2, 0.25) is 0 Å². The maximum atomic E-state index is 13.3. The number of ether oxygens (including phenoxy) is 5. The predicted octanol–water partition coefficient (Wildman–Crippen LogP) is 3.93. The van der Waals surface area contributed by atoms with Crippen LogP contribution in [0.1, 0.15) is 59.1 Å². The molecule has 1 saturated heterocycles. The van der Waals surface area contributed by atoms with Gasteiger partial charge in [-0.1, -0.05) is 6.07 Å². The molecule has 0 spiro atoms. The molecule has 0 N–H and O–H groups in total. The van der Waals surface area contributed by atoms with Crippen LogP contribution in [-0.2, 0) is 23.8 Å². The first-order valence-corrected chi connectivity index (χ1v) is 11.5. The summed E-state index contributed by atoms with van der Waals surface area (Å²) in [5.74, 6) is -0.321. The molecule has 1 aliphatic rings. The Hall–Kier alpha value is -2.81. The van der Waals surface area contributed by atoms with Crippen LogP contribution in [0.3, 0.4) is 0 Å². The summed E-state index contributed by atoms with van der Waals surface area (Å²) in [7, 11) is 3.16. The van der Waals surface area contributed by atoms with Crippen molar-refractivity contribution in [1.82, 2.24) is 4.90 Å². The van der Waals surface area contributed by atoms with Gasteiger partial charge < -0.3 is 23.7 Å². The Kier molecular flexibility index (Phi) is 9.73. The van der Waals surface area contributed by atoms with Crippen molar-refractivity contribution in [3.8, 4) is 11.5 Å². The fourth-order valence-electron chi connectivity index (χ4n) is 4.03. The highest BCUT2D eigenvalue weighted by Gasteiger charge is 2.51. The van der Waals surface area contributed by atoms with E-state index in [1.54, 1.807) is 53.0 Å². The molecule has 0 aromatic heterocycles. The lowest BCUT2D eigenvalue weighted by Crippen LogP contribution is -2.45. The highest BCUT2D eigenvalue weighted by molar-refractivity contribution is 5.87. The van der Waals surface area contributed by atoms with Crippen LogP contribution < -0.4 is 9.47 Å². The predicted molar refractivity (Wildman–Crippen MR) is 125 cm³/mol. The molecule has 0 unspecified atom stereocenters. The smallest absolute Gasteiger partial charge is 0.411 e. The summed E-state index contributed by atoms with van der Waals surface area (Å²) in [5.41, 5.74) is -0.148. The second kappa shape index (κ2) is 12.1. The van der Waals surface area contributed by atoms with Gasteiger partial charge in [0.15, 0.2) is 11.5 Å². The number of carbonyl (C=O) groups excluding carboxylic acids is 3. The molecule has 2 rings (SSSR count). The summed E-state index contributed by atoms with van der Waals surface area (Å²) in [5, 5.41) is 0. The normalized spacial score (nSPS) is 20.1. The number of ketones is 1. The molecule has 1 heterocycles. The lowest BCUT2D eigenvalue weighted by atomic mass is 9.90. The van der Waals surface area contributed by atoms with Gasteiger partial charge >= 0.3 is 12.1 Å². The molecule has 9 heteroatoms. The SMILES string of the molecule is CCOC(=O)[C@H]1C[C@@H](C(C)=O)[C@@H](c2ccc(OC)c(OCCCOC)c2)N1C(=O)OC(C)(C)C. The largest absolute Gasteiger partial charge is 0.493 e. The number of benzene rings is 1. The van der Waals surface area contributed by atoms with Crippen LogP contribution in [0.2, 0.25) is 0 Å². The van der Waals surface area contributed by atoms with Gasteiger partial charge in [-0.2, -0.15) is 0 Å². The average molecular weight is 480 g/mol. The molecule has 3 atom stereocenters. The topological polar surface area (TPSA) is 101 Å². The summed E-state index contributed by atoms with van der Waals surface area (Å²) in [6, 6.07) is 3.57. The molecule has 34 heavy (non-hydrogen) atoms. The van der Waals surface area contributed by atoms with Gasteiger partial charge in [-0.25, -0.2) is 9.59 Å². The lowest BCUT2D eigenvalue weighted by molar-refractivity contribution is -0.148. The highest BCUT2D eigenvalue weighted by Crippen LogP contribution is 2.45. The molecule has 1 aliphatic heterocycles. The average Bonchev–Trinajstić information content (AvgIpc) is 3.17. The number of hydrogen-bond donors (Lipinski definition) is 0. The zero-order valence-electron chi connectivity index (χ0n) is 21.2. The first-order valence-electron chi connectivity index (χ1n) is 11.5. The second-order valence-electron chi connectivity index (χ2n) is 9.16. The van der Waals surface area contributed by atoms with Crippen molar-refractivity contribution in [2.75, 3.05) is 34.0 Å². The third-order valence-electron chi connectivity index (χ3n) is 5.46. The molecule has 9 nitrogen and oxygen atoms in total. The van der Waals surface area contributed by atoms with Crippen molar-refractivity contribution in [1.29, 1.82) is 0 Å². The first kappa shape index (κ1) is 27.4. The van der Waals surface area contributed by atoms with E-state index in [0.29, 0.717) is 36.7 Å². The Balaban J connectivity index is 2.52. The van der Waals surface area contributed by atoms with Crippen LogP contribution in [0.5, 0.6) is 11.5 Å². The Morgan fingerprint density at radius 1 is 1.09 bits per heavy atom. The van der Waals surface area contributed by atoms with Gasteiger partial charge in [-0.15, -0.1) is 0 Å². The maximum Gasteiger partial charge on any atom is 0.411 e. The highest BCUT2D eigenvalue weighted by atomic mass is 16.6. The number of nitrogens with zero attached hydrogens (tertiary/aromatic N) is 1. The Morgan fingerprint density at radius 2 is 1.79 bits per heavy atom. The molecule has 1 aromatic rings. The van der Waals surface area contributed by atoms with Gasteiger partial charge in [0.25, 0.3) is 0 Å². The summed E-state index contributed by atoms with van der Waals surface area (Å²) >= 11 is 0. The van der Waals surface area contributed by atoms with Crippen molar-refractivity contribution < 1.29 is 38.1 Å². The minimum absolute atomic E-state index is 0.135. The number of rotatable bonds is 10.